The van der Waals surface area contributed by atoms with E-state index in [1.807, 2.05) is 6.26 Å². The molecule has 0 saturated heterocycles. The predicted molar refractivity (Wildman–Crippen MR) is 89.4 cm³/mol. The van der Waals surface area contributed by atoms with Crippen LogP contribution in [0.5, 0.6) is 0 Å². The molecular formula is C17H33N3O. The van der Waals surface area contributed by atoms with E-state index in [1.165, 1.54) is 5.56 Å². The quantitative estimate of drug-likeness (QED) is 0.719. The second kappa shape index (κ2) is 9.23. The van der Waals surface area contributed by atoms with Gasteiger partial charge in [-0.25, -0.2) is 0 Å². The first-order valence-corrected chi connectivity index (χ1v) is 8.08. The van der Waals surface area contributed by atoms with Gasteiger partial charge in [-0.05, 0) is 46.1 Å². The molecule has 4 heteroatoms. The van der Waals surface area contributed by atoms with Gasteiger partial charge in [-0.2, -0.15) is 0 Å². The van der Waals surface area contributed by atoms with Crippen molar-refractivity contribution in [2.24, 2.45) is 5.92 Å². The van der Waals surface area contributed by atoms with Crippen LogP contribution in [0.15, 0.2) is 16.7 Å². The molecule has 1 rings (SSSR count). The highest BCUT2D eigenvalue weighted by molar-refractivity contribution is 5.17. The molecule has 0 aliphatic heterocycles. The van der Waals surface area contributed by atoms with Crippen LogP contribution in [0.25, 0.3) is 0 Å². The summed E-state index contributed by atoms with van der Waals surface area (Å²) in [5, 5.41) is 3.49. The Morgan fingerprint density at radius 2 is 1.95 bits per heavy atom. The Hall–Kier alpha value is -0.840. The molecular weight excluding hydrogens is 262 g/mol. The van der Waals surface area contributed by atoms with E-state index in [0.29, 0.717) is 12.0 Å². The van der Waals surface area contributed by atoms with Crippen LogP contribution in [0, 0.1) is 5.92 Å². The van der Waals surface area contributed by atoms with Crippen molar-refractivity contribution >= 4 is 0 Å². The lowest BCUT2D eigenvalue weighted by atomic mass is 10.2. The van der Waals surface area contributed by atoms with Crippen molar-refractivity contribution < 1.29 is 4.42 Å². The van der Waals surface area contributed by atoms with Crippen molar-refractivity contribution in [3.05, 3.63) is 23.7 Å². The van der Waals surface area contributed by atoms with Gasteiger partial charge in [0.25, 0.3) is 0 Å². The van der Waals surface area contributed by atoms with Crippen LogP contribution < -0.4 is 5.32 Å². The molecule has 1 aromatic heterocycles. The zero-order chi connectivity index (χ0) is 15.8. The molecule has 1 atom stereocenters. The van der Waals surface area contributed by atoms with Gasteiger partial charge in [-0.3, -0.25) is 4.90 Å². The molecule has 4 nitrogen and oxygen atoms in total. The van der Waals surface area contributed by atoms with E-state index < -0.39 is 0 Å². The van der Waals surface area contributed by atoms with E-state index in [9.17, 15) is 0 Å². The average Bonchev–Trinajstić information content (AvgIpc) is 2.82. The largest absolute Gasteiger partial charge is 0.468 e. The summed E-state index contributed by atoms with van der Waals surface area (Å²) < 4.78 is 5.71. The van der Waals surface area contributed by atoms with Crippen LogP contribution in [0.4, 0.5) is 0 Å². The highest BCUT2D eigenvalue weighted by atomic mass is 16.3. The minimum Gasteiger partial charge on any atom is -0.468 e. The zero-order valence-corrected chi connectivity index (χ0v) is 14.6. The van der Waals surface area contributed by atoms with E-state index in [0.717, 1.165) is 38.5 Å². The highest BCUT2D eigenvalue weighted by Gasteiger charge is 2.16. The Morgan fingerprint density at radius 1 is 1.24 bits per heavy atom. The molecule has 0 saturated carbocycles. The molecule has 122 valence electrons. The molecule has 0 spiro atoms. The van der Waals surface area contributed by atoms with Crippen LogP contribution in [-0.2, 0) is 13.1 Å². The first-order valence-electron chi connectivity index (χ1n) is 8.08. The smallest absolute Gasteiger partial charge is 0.122 e. The second-order valence-corrected chi connectivity index (χ2v) is 6.57. The van der Waals surface area contributed by atoms with Crippen molar-refractivity contribution in [2.75, 3.05) is 33.7 Å². The van der Waals surface area contributed by atoms with Crippen molar-refractivity contribution in [2.45, 2.75) is 46.8 Å². The van der Waals surface area contributed by atoms with Crippen LogP contribution in [0.2, 0.25) is 0 Å². The van der Waals surface area contributed by atoms with Crippen LogP contribution in [-0.4, -0.2) is 49.6 Å². The lowest BCUT2D eigenvalue weighted by Gasteiger charge is -2.29. The lowest BCUT2D eigenvalue weighted by molar-refractivity contribution is 0.162. The van der Waals surface area contributed by atoms with Crippen LogP contribution in [0.1, 0.15) is 39.0 Å². The molecule has 1 N–H and O–H groups in total. The Morgan fingerprint density at radius 3 is 2.52 bits per heavy atom. The third kappa shape index (κ3) is 6.64. The number of rotatable bonds is 10. The standard InChI is InChI=1S/C17H33N3O/c1-7-20(15(4)12-19(5)6)13-17-16(8-9-21-17)11-18-10-14(2)3/h8-9,14-15,18H,7,10-13H2,1-6H3. The van der Waals surface area contributed by atoms with Gasteiger partial charge >= 0.3 is 0 Å². The maximum Gasteiger partial charge on any atom is 0.122 e. The van der Waals surface area contributed by atoms with Crippen LogP contribution in [0.3, 0.4) is 0 Å². The normalized spacial score (nSPS) is 13.6. The van der Waals surface area contributed by atoms with Crippen molar-refractivity contribution in [1.29, 1.82) is 0 Å². The number of hydrogen-bond donors (Lipinski definition) is 1. The van der Waals surface area contributed by atoms with Gasteiger partial charge in [0, 0.05) is 24.7 Å². The molecule has 1 aromatic rings. The van der Waals surface area contributed by atoms with Gasteiger partial charge in [0.15, 0.2) is 0 Å². The monoisotopic (exact) mass is 295 g/mol. The first-order chi connectivity index (χ1) is 9.93. The molecule has 0 bridgehead atoms. The van der Waals surface area contributed by atoms with E-state index in [2.05, 4.69) is 63.0 Å². The Balaban J connectivity index is 2.58. The predicted octanol–water partition coefficient (Wildman–Crippen LogP) is 2.80. The third-order valence-electron chi connectivity index (χ3n) is 3.71. The fourth-order valence-corrected chi connectivity index (χ4v) is 2.57. The summed E-state index contributed by atoms with van der Waals surface area (Å²) in [6.45, 7) is 13.9. The molecule has 0 aliphatic rings. The van der Waals surface area contributed by atoms with Gasteiger partial charge in [-0.15, -0.1) is 0 Å². The summed E-state index contributed by atoms with van der Waals surface area (Å²) in [4.78, 5) is 4.70. The number of nitrogens with one attached hydrogen (secondary N) is 1. The Kier molecular flexibility index (Phi) is 8.01. The average molecular weight is 295 g/mol. The lowest BCUT2D eigenvalue weighted by Crippen LogP contribution is -2.39. The van der Waals surface area contributed by atoms with Crippen molar-refractivity contribution in [3.8, 4) is 0 Å². The van der Waals surface area contributed by atoms with E-state index >= 15 is 0 Å². The van der Waals surface area contributed by atoms with Crippen molar-refractivity contribution in [1.82, 2.24) is 15.1 Å². The van der Waals surface area contributed by atoms with Crippen LogP contribution >= 0.6 is 0 Å². The van der Waals surface area contributed by atoms with E-state index in [1.54, 1.807) is 0 Å². The van der Waals surface area contributed by atoms with Gasteiger partial charge in [0.2, 0.25) is 0 Å². The molecule has 0 fully saturated rings. The Labute approximate surface area is 130 Å². The molecule has 1 heterocycles. The number of nitrogens with zero attached hydrogens (tertiary/aromatic N) is 2. The summed E-state index contributed by atoms with van der Waals surface area (Å²) in [6.07, 6.45) is 1.81. The minimum atomic E-state index is 0.520. The molecule has 0 aliphatic carbocycles. The number of likely N-dealkylation sites (N-methyl/N-ethyl adjacent to an activating group) is 2. The summed E-state index contributed by atoms with van der Waals surface area (Å²) in [5.41, 5.74) is 1.28. The number of furan rings is 1. The highest BCUT2D eigenvalue weighted by Crippen LogP contribution is 2.15. The maximum atomic E-state index is 5.71. The summed E-state index contributed by atoms with van der Waals surface area (Å²) in [7, 11) is 4.25. The van der Waals surface area contributed by atoms with E-state index in [-0.39, 0.29) is 0 Å². The van der Waals surface area contributed by atoms with Gasteiger partial charge in [0.1, 0.15) is 5.76 Å². The first kappa shape index (κ1) is 18.2. The number of hydrogen-bond acceptors (Lipinski definition) is 4. The topological polar surface area (TPSA) is 31.7 Å². The van der Waals surface area contributed by atoms with Gasteiger partial charge in [-0.1, -0.05) is 20.8 Å². The van der Waals surface area contributed by atoms with Gasteiger partial charge in [0.05, 0.1) is 12.8 Å². The van der Waals surface area contributed by atoms with Crippen molar-refractivity contribution in [3.63, 3.8) is 0 Å². The Bertz CT molecular complexity index is 387. The molecule has 21 heavy (non-hydrogen) atoms. The second-order valence-electron chi connectivity index (χ2n) is 6.57. The van der Waals surface area contributed by atoms with Gasteiger partial charge < -0.3 is 14.6 Å². The summed E-state index contributed by atoms with van der Waals surface area (Å²) in [5.74, 6) is 1.77. The SMILES string of the molecule is CCN(Cc1occc1CNCC(C)C)C(C)CN(C)C. The minimum absolute atomic E-state index is 0.520. The fourth-order valence-electron chi connectivity index (χ4n) is 2.57. The fraction of sp³-hybridized carbons (Fsp3) is 0.765. The molecule has 0 radical (unpaired) electrons. The maximum absolute atomic E-state index is 5.71. The zero-order valence-electron chi connectivity index (χ0n) is 14.6. The molecule has 0 amide bonds. The molecule has 0 aromatic carbocycles. The van der Waals surface area contributed by atoms with E-state index in [4.69, 9.17) is 4.42 Å². The summed E-state index contributed by atoms with van der Waals surface area (Å²) in [6, 6.07) is 2.61. The summed E-state index contributed by atoms with van der Waals surface area (Å²) >= 11 is 0. The molecule has 1 unspecified atom stereocenters. The third-order valence-corrected chi connectivity index (χ3v) is 3.71.